The number of benzene rings is 2. The fraction of sp³-hybridized carbons (Fsp3) is 0.325. The average molecular weight is 916 g/mol. The van der Waals surface area contributed by atoms with Gasteiger partial charge in [0.05, 0.1) is 16.0 Å². The highest BCUT2D eigenvalue weighted by molar-refractivity contribution is 7.91. The molecule has 2 fully saturated rings. The smallest absolute Gasteiger partial charge is 0.260 e. The summed E-state index contributed by atoms with van der Waals surface area (Å²) in [5.41, 5.74) is 0.449. The number of sulfonamides is 2. The van der Waals surface area contributed by atoms with Crippen molar-refractivity contribution in [2.45, 2.75) is 52.7 Å². The van der Waals surface area contributed by atoms with Crippen molar-refractivity contribution in [1.29, 1.82) is 0 Å². The van der Waals surface area contributed by atoms with Crippen molar-refractivity contribution in [3.63, 3.8) is 0 Å². The predicted molar refractivity (Wildman–Crippen MR) is 227 cm³/mol. The predicted octanol–water partition coefficient (Wildman–Crippen LogP) is 2.91. The molecule has 5 aromatic rings. The van der Waals surface area contributed by atoms with Crippen LogP contribution in [0.5, 0.6) is 11.5 Å². The molecule has 2 aliphatic heterocycles. The Morgan fingerprint density at radius 1 is 0.541 bits per heavy atom. The number of piperidine rings is 2. The highest BCUT2D eigenvalue weighted by Gasteiger charge is 2.31. The van der Waals surface area contributed by atoms with Gasteiger partial charge in [0.25, 0.3) is 21.1 Å². The molecule has 5 heterocycles. The number of hydrogen-bond acceptors (Lipinski definition) is 13. The lowest BCUT2D eigenvalue weighted by molar-refractivity contribution is 0.134. The molecule has 2 saturated heterocycles. The average Bonchev–Trinajstić information content (AvgIpc) is 3.21. The van der Waals surface area contributed by atoms with Crippen LogP contribution in [0.2, 0.25) is 0 Å². The number of sulfone groups is 2. The number of aromatic nitrogens is 3. The van der Waals surface area contributed by atoms with E-state index in [1.165, 1.54) is 72.7 Å². The van der Waals surface area contributed by atoms with Crippen molar-refractivity contribution in [2.24, 2.45) is 0 Å². The molecule has 0 atom stereocenters. The van der Waals surface area contributed by atoms with E-state index < -0.39 is 39.7 Å². The minimum atomic E-state index is -3.64. The largest absolute Gasteiger partial charge is 0.490 e. The second-order valence-electron chi connectivity index (χ2n) is 14.5. The van der Waals surface area contributed by atoms with Gasteiger partial charge in [-0.2, -0.15) is 4.31 Å². The minimum absolute atomic E-state index is 0.0255. The molecule has 0 aliphatic carbocycles. The summed E-state index contributed by atoms with van der Waals surface area (Å²) in [4.78, 5) is 29.3. The van der Waals surface area contributed by atoms with E-state index in [0.717, 1.165) is 12.5 Å². The van der Waals surface area contributed by atoms with Gasteiger partial charge in [-0.1, -0.05) is 6.07 Å². The summed E-state index contributed by atoms with van der Waals surface area (Å²) in [6, 6.07) is 22.9. The van der Waals surface area contributed by atoms with Gasteiger partial charge in [-0.05, 0) is 98.5 Å². The fourth-order valence-corrected chi connectivity index (χ4v) is 10.2. The van der Waals surface area contributed by atoms with Gasteiger partial charge in [-0.25, -0.2) is 43.0 Å². The third-order valence-corrected chi connectivity index (χ3v) is 15.4. The Labute approximate surface area is 354 Å². The molecule has 326 valence electrons. The normalized spacial score (nSPS) is 16.3. The summed E-state index contributed by atoms with van der Waals surface area (Å²) in [6.45, 7) is 1.39. The molecule has 0 unspecified atom stereocenters. The summed E-state index contributed by atoms with van der Waals surface area (Å²) in [5.74, 6) is 0.821. The van der Waals surface area contributed by atoms with Gasteiger partial charge in [0.1, 0.15) is 23.7 Å². The zero-order valence-corrected chi connectivity index (χ0v) is 36.7. The van der Waals surface area contributed by atoms with Crippen molar-refractivity contribution in [2.75, 3.05) is 44.9 Å². The van der Waals surface area contributed by atoms with E-state index in [-0.39, 0.29) is 38.1 Å². The first-order valence-electron chi connectivity index (χ1n) is 18.9. The minimum Gasteiger partial charge on any atom is -0.490 e. The topological polar surface area (TPSA) is 218 Å². The van der Waals surface area contributed by atoms with Crippen LogP contribution in [0, 0.1) is 0 Å². The standard InChI is InChI=1S/C22H23N3O6S2.C18H22N2O6S2/c1-32(27,28)20-7-5-17(6-8-20)25-15-11-19(16-22(25)26)31-18-9-13-24(14-10-18)33(29,30)21-4-2-3-12-23-21;1-27(22,23)17-5-3-14(4-6-17)20-12-9-16(13-18(20)21)26-15-7-10-19(11-8-15)28(2,24)25/h2-8,11-12,15-16,18H,9-10,13-14H2,1H3;3-6,9,12-13,15H,7-8,10-11H2,1-2H3. The summed E-state index contributed by atoms with van der Waals surface area (Å²) in [5, 5.41) is 0.0255. The molecule has 17 nitrogen and oxygen atoms in total. The Morgan fingerprint density at radius 3 is 1.30 bits per heavy atom. The van der Waals surface area contributed by atoms with Crippen molar-refractivity contribution in [3.05, 3.63) is 130 Å². The second kappa shape index (κ2) is 18.4. The van der Waals surface area contributed by atoms with E-state index in [1.807, 2.05) is 0 Å². The van der Waals surface area contributed by atoms with E-state index in [9.17, 15) is 43.3 Å². The molecule has 3 aromatic heterocycles. The molecule has 21 heteroatoms. The lowest BCUT2D eigenvalue weighted by Crippen LogP contribution is -2.42. The number of nitrogens with zero attached hydrogens (tertiary/aromatic N) is 5. The molecule has 2 aromatic carbocycles. The monoisotopic (exact) mass is 915 g/mol. The second-order valence-corrected chi connectivity index (χ2v) is 22.4. The van der Waals surface area contributed by atoms with E-state index in [4.69, 9.17) is 9.47 Å². The van der Waals surface area contributed by atoms with Gasteiger partial charge in [0.2, 0.25) is 10.0 Å². The van der Waals surface area contributed by atoms with E-state index in [0.29, 0.717) is 74.7 Å². The van der Waals surface area contributed by atoms with Crippen molar-refractivity contribution >= 4 is 39.7 Å². The summed E-state index contributed by atoms with van der Waals surface area (Å²) in [6.07, 6.45) is 9.75. The molecule has 2 aliphatic rings. The Morgan fingerprint density at radius 2 is 0.951 bits per heavy atom. The van der Waals surface area contributed by atoms with Crippen LogP contribution >= 0.6 is 0 Å². The molecule has 0 saturated carbocycles. The summed E-state index contributed by atoms with van der Waals surface area (Å²) in [7, 11) is -13.4. The maximum atomic E-state index is 12.7. The van der Waals surface area contributed by atoms with Gasteiger partial charge in [0.15, 0.2) is 24.7 Å². The van der Waals surface area contributed by atoms with Crippen LogP contribution in [-0.4, -0.2) is 114 Å². The Kier molecular flexibility index (Phi) is 13.7. The van der Waals surface area contributed by atoms with E-state index >= 15 is 0 Å². The highest BCUT2D eigenvalue weighted by atomic mass is 32.2. The van der Waals surface area contributed by atoms with Crippen LogP contribution in [0.3, 0.4) is 0 Å². The molecule has 61 heavy (non-hydrogen) atoms. The van der Waals surface area contributed by atoms with Crippen LogP contribution < -0.4 is 20.6 Å². The fourth-order valence-electron chi connectivity index (χ4n) is 6.69. The van der Waals surface area contributed by atoms with Gasteiger partial charge in [-0.3, -0.25) is 18.7 Å². The zero-order chi connectivity index (χ0) is 44.2. The lowest BCUT2D eigenvalue weighted by Gasteiger charge is -2.31. The number of pyridine rings is 3. The zero-order valence-electron chi connectivity index (χ0n) is 33.5. The molecule has 0 radical (unpaired) electrons. The van der Waals surface area contributed by atoms with Gasteiger partial charge in [-0.15, -0.1) is 0 Å². The van der Waals surface area contributed by atoms with Crippen molar-refractivity contribution in [3.8, 4) is 22.9 Å². The quantitative estimate of drug-likeness (QED) is 0.186. The molecule has 7 rings (SSSR count). The first-order chi connectivity index (χ1) is 28.7. The van der Waals surface area contributed by atoms with Crippen molar-refractivity contribution < 1.29 is 43.1 Å². The Hall–Kier alpha value is -5.19. The summed E-state index contributed by atoms with van der Waals surface area (Å²) < 4.78 is 112. The molecule has 0 N–H and O–H groups in total. The molecular formula is C40H45N5O12S4. The molecule has 0 amide bonds. The van der Waals surface area contributed by atoms with E-state index in [1.54, 1.807) is 60.9 Å². The lowest BCUT2D eigenvalue weighted by atomic mass is 10.1. The summed E-state index contributed by atoms with van der Waals surface area (Å²) >= 11 is 0. The van der Waals surface area contributed by atoms with Crippen LogP contribution in [0.4, 0.5) is 0 Å². The maximum absolute atomic E-state index is 12.7. The third kappa shape index (κ3) is 11.6. The Bertz CT molecular complexity index is 2910. The molecular weight excluding hydrogens is 871 g/mol. The van der Waals surface area contributed by atoms with Crippen LogP contribution in [-0.2, 0) is 39.7 Å². The van der Waals surface area contributed by atoms with Crippen LogP contribution in [0.25, 0.3) is 11.4 Å². The molecule has 0 bridgehead atoms. The van der Waals surface area contributed by atoms with Crippen molar-refractivity contribution in [1.82, 2.24) is 22.7 Å². The number of rotatable bonds is 11. The van der Waals surface area contributed by atoms with Crippen LogP contribution in [0.1, 0.15) is 25.7 Å². The molecule has 0 spiro atoms. The number of hydrogen-bond donors (Lipinski definition) is 0. The SMILES string of the molecule is CS(=O)(=O)c1ccc(-n2ccc(OC3CCN(S(=O)(=O)c4ccccn4)CC3)cc2=O)cc1.CS(=O)(=O)c1ccc(-n2ccc(OC3CCN(S(C)(=O)=O)CC3)cc2=O)cc1. The van der Waals surface area contributed by atoms with Gasteiger partial charge in [0, 0.05) is 80.8 Å². The first-order valence-corrected chi connectivity index (χ1v) is 26.0. The first kappa shape index (κ1) is 45.3. The van der Waals surface area contributed by atoms with Crippen LogP contribution in [0.15, 0.2) is 134 Å². The third-order valence-electron chi connectivity index (χ3n) is 9.99. The Balaban J connectivity index is 0.000000207. The van der Waals surface area contributed by atoms with E-state index in [2.05, 4.69) is 4.98 Å². The van der Waals surface area contributed by atoms with Gasteiger partial charge >= 0.3 is 0 Å². The highest BCUT2D eigenvalue weighted by Crippen LogP contribution is 2.24. The number of ether oxygens (including phenoxy) is 2. The maximum Gasteiger partial charge on any atom is 0.260 e. The van der Waals surface area contributed by atoms with Gasteiger partial charge < -0.3 is 9.47 Å².